The van der Waals surface area contributed by atoms with Crippen molar-refractivity contribution in [3.8, 4) is 11.5 Å². The van der Waals surface area contributed by atoms with E-state index in [0.29, 0.717) is 36.8 Å². The Hall–Kier alpha value is -4.58. The Bertz CT molecular complexity index is 1350. The molecule has 8 bridgehead atoms. The van der Waals surface area contributed by atoms with E-state index in [-0.39, 0.29) is 24.3 Å². The monoisotopic (exact) mass is 508 g/mol. The van der Waals surface area contributed by atoms with Crippen molar-refractivity contribution in [2.45, 2.75) is 38.5 Å². The Kier molecular flexibility index (Phi) is 6.88. The predicted molar refractivity (Wildman–Crippen MR) is 143 cm³/mol. The molecule has 0 aromatic heterocycles. The third kappa shape index (κ3) is 6.40. The Morgan fingerprint density at radius 3 is 0.921 bits per heavy atom. The minimum atomic E-state index is -0.905. The SMILES string of the molecule is O=C(O)Cc1cc2cc(c1)Cc1cc(O)cc(c1)Cc1cc(CC(=O)O)cc(c1)Cc1cc(O)cc(c1)C2. The summed E-state index contributed by atoms with van der Waals surface area (Å²) in [4.78, 5) is 22.9. The molecule has 0 amide bonds. The standard InChI is InChI=1S/C32H28O6/c33-29-13-23-3-19-1-20(8-27(7-19)17-31(35)36)4-24-12-26(16-30(34)14-24)6-22-2-21(5-25(11-23)15-29)9-28(10-22)18-32(37)38/h1-2,7-16,33-34H,3-6,17-18H2,(H,35,36)(H,37,38). The first-order valence-electron chi connectivity index (χ1n) is 12.5. The molecule has 6 heteroatoms. The average molecular weight is 509 g/mol. The summed E-state index contributed by atoms with van der Waals surface area (Å²) < 4.78 is 0. The second-order valence-corrected chi connectivity index (χ2v) is 10.2. The molecule has 1 aliphatic rings. The fraction of sp³-hybridized carbons (Fsp3) is 0.188. The summed E-state index contributed by atoms with van der Waals surface area (Å²) in [6, 6.07) is 22.6. The number of benzene rings is 4. The summed E-state index contributed by atoms with van der Waals surface area (Å²) in [6.45, 7) is 0. The molecule has 1 aliphatic carbocycles. The highest BCUT2D eigenvalue weighted by Gasteiger charge is 2.13. The van der Waals surface area contributed by atoms with Gasteiger partial charge in [-0.05, 0) is 106 Å². The quantitative estimate of drug-likeness (QED) is 0.271. The molecular weight excluding hydrogens is 480 g/mol. The molecule has 0 fully saturated rings. The van der Waals surface area contributed by atoms with Crippen LogP contribution in [0.5, 0.6) is 11.5 Å². The lowest BCUT2D eigenvalue weighted by Gasteiger charge is -2.14. The van der Waals surface area contributed by atoms with Crippen LogP contribution in [0, 0.1) is 0 Å². The van der Waals surface area contributed by atoms with Gasteiger partial charge in [0.2, 0.25) is 0 Å². The van der Waals surface area contributed by atoms with Gasteiger partial charge in [0.05, 0.1) is 12.8 Å². The zero-order valence-corrected chi connectivity index (χ0v) is 20.8. The highest BCUT2D eigenvalue weighted by atomic mass is 16.4. The Balaban J connectivity index is 1.65. The number of carboxylic acid groups (broad SMARTS) is 2. The first kappa shape index (κ1) is 25.1. The molecule has 0 aliphatic heterocycles. The van der Waals surface area contributed by atoms with Gasteiger partial charge in [-0.25, -0.2) is 0 Å². The van der Waals surface area contributed by atoms with Gasteiger partial charge in [0.1, 0.15) is 11.5 Å². The third-order valence-corrected chi connectivity index (χ3v) is 6.64. The minimum Gasteiger partial charge on any atom is -0.508 e. The van der Waals surface area contributed by atoms with Gasteiger partial charge in [-0.1, -0.05) is 48.5 Å². The normalized spacial score (nSPS) is 12.6. The van der Waals surface area contributed by atoms with Crippen molar-refractivity contribution in [3.63, 3.8) is 0 Å². The summed E-state index contributed by atoms with van der Waals surface area (Å²) in [7, 11) is 0. The maximum atomic E-state index is 11.5. The molecular formula is C32H28O6. The summed E-state index contributed by atoms with van der Waals surface area (Å²) in [5.74, 6) is -1.52. The average Bonchev–Trinajstić information content (AvgIpc) is 2.76. The first-order valence-corrected chi connectivity index (χ1v) is 12.5. The van der Waals surface area contributed by atoms with Gasteiger partial charge in [0.15, 0.2) is 0 Å². The minimum absolute atomic E-state index is 0.0925. The molecule has 5 rings (SSSR count). The van der Waals surface area contributed by atoms with Crippen molar-refractivity contribution in [1.29, 1.82) is 0 Å². The summed E-state index contributed by atoms with van der Waals surface area (Å²) in [5, 5.41) is 39.8. The van der Waals surface area contributed by atoms with Crippen LogP contribution < -0.4 is 0 Å². The number of phenolic OH excluding ortho intramolecular Hbond substituents is 2. The Morgan fingerprint density at radius 2 is 0.684 bits per heavy atom. The van der Waals surface area contributed by atoms with Crippen LogP contribution in [0.4, 0.5) is 0 Å². The maximum Gasteiger partial charge on any atom is 0.307 e. The van der Waals surface area contributed by atoms with Crippen molar-refractivity contribution in [2.24, 2.45) is 0 Å². The smallest absolute Gasteiger partial charge is 0.307 e. The van der Waals surface area contributed by atoms with Crippen molar-refractivity contribution in [1.82, 2.24) is 0 Å². The van der Waals surface area contributed by atoms with Gasteiger partial charge < -0.3 is 20.4 Å². The Labute approximate surface area is 220 Å². The number of hydrogen-bond acceptors (Lipinski definition) is 4. The van der Waals surface area contributed by atoms with Crippen LogP contribution in [0.2, 0.25) is 0 Å². The zero-order valence-electron chi connectivity index (χ0n) is 20.8. The van der Waals surface area contributed by atoms with E-state index in [9.17, 15) is 30.0 Å². The van der Waals surface area contributed by atoms with Crippen LogP contribution in [0.15, 0.2) is 72.8 Å². The second-order valence-electron chi connectivity index (χ2n) is 10.2. The lowest BCUT2D eigenvalue weighted by atomic mass is 9.91. The Morgan fingerprint density at radius 1 is 0.447 bits per heavy atom. The van der Waals surface area contributed by atoms with E-state index in [4.69, 9.17) is 0 Å². The van der Waals surface area contributed by atoms with E-state index in [2.05, 4.69) is 0 Å². The van der Waals surface area contributed by atoms with Gasteiger partial charge in [0.25, 0.3) is 0 Å². The van der Waals surface area contributed by atoms with Crippen LogP contribution >= 0.6 is 0 Å². The van der Waals surface area contributed by atoms with Crippen molar-refractivity contribution < 1.29 is 30.0 Å². The number of carbonyl (C=O) groups is 2. The van der Waals surface area contributed by atoms with Gasteiger partial charge in [0, 0.05) is 0 Å². The van der Waals surface area contributed by atoms with E-state index in [1.165, 1.54) is 0 Å². The lowest BCUT2D eigenvalue weighted by molar-refractivity contribution is -0.137. The highest BCUT2D eigenvalue weighted by Crippen LogP contribution is 2.27. The molecule has 4 aromatic carbocycles. The predicted octanol–water partition coefficient (Wildman–Crippen LogP) is 5.03. The van der Waals surface area contributed by atoms with Gasteiger partial charge in [-0.3, -0.25) is 9.59 Å². The third-order valence-electron chi connectivity index (χ3n) is 6.64. The van der Waals surface area contributed by atoms with Crippen LogP contribution in [-0.4, -0.2) is 32.4 Å². The first-order chi connectivity index (χ1) is 18.2. The van der Waals surface area contributed by atoms with E-state index in [0.717, 1.165) is 44.5 Å². The zero-order chi connectivity index (χ0) is 26.8. The van der Waals surface area contributed by atoms with Crippen molar-refractivity contribution in [3.05, 3.63) is 128 Å². The van der Waals surface area contributed by atoms with E-state index in [1.807, 2.05) is 48.5 Å². The second kappa shape index (κ2) is 10.4. The van der Waals surface area contributed by atoms with Crippen LogP contribution in [-0.2, 0) is 48.1 Å². The molecule has 38 heavy (non-hydrogen) atoms. The van der Waals surface area contributed by atoms with E-state index >= 15 is 0 Å². The fourth-order valence-corrected chi connectivity index (χ4v) is 5.48. The number of rotatable bonds is 4. The van der Waals surface area contributed by atoms with Gasteiger partial charge in [-0.15, -0.1) is 0 Å². The molecule has 4 aromatic rings. The molecule has 6 nitrogen and oxygen atoms in total. The molecule has 0 atom stereocenters. The summed E-state index contributed by atoms with van der Waals surface area (Å²) in [6.07, 6.45) is 1.86. The number of aromatic hydroxyl groups is 2. The molecule has 4 N–H and O–H groups in total. The lowest BCUT2D eigenvalue weighted by Crippen LogP contribution is -2.04. The number of aliphatic carboxylic acids is 2. The molecule has 0 saturated heterocycles. The van der Waals surface area contributed by atoms with Crippen molar-refractivity contribution in [2.75, 3.05) is 0 Å². The molecule has 0 unspecified atom stereocenters. The number of phenols is 2. The number of carboxylic acids is 2. The van der Waals surface area contributed by atoms with Crippen LogP contribution in [0.25, 0.3) is 0 Å². The summed E-state index contributed by atoms with van der Waals surface area (Å²) in [5.41, 5.74) is 8.74. The van der Waals surface area contributed by atoms with Gasteiger partial charge in [-0.2, -0.15) is 0 Å². The molecule has 0 saturated carbocycles. The van der Waals surface area contributed by atoms with E-state index in [1.54, 1.807) is 24.3 Å². The van der Waals surface area contributed by atoms with Gasteiger partial charge >= 0.3 is 11.9 Å². The van der Waals surface area contributed by atoms with Crippen molar-refractivity contribution >= 4 is 11.9 Å². The van der Waals surface area contributed by atoms with E-state index < -0.39 is 11.9 Å². The number of hydrogen-bond donors (Lipinski definition) is 4. The summed E-state index contributed by atoms with van der Waals surface area (Å²) >= 11 is 0. The molecule has 192 valence electrons. The topological polar surface area (TPSA) is 115 Å². The largest absolute Gasteiger partial charge is 0.508 e. The van der Waals surface area contributed by atoms with Crippen LogP contribution in [0.1, 0.15) is 55.6 Å². The maximum absolute atomic E-state index is 11.5. The van der Waals surface area contributed by atoms with Crippen LogP contribution in [0.3, 0.4) is 0 Å². The fourth-order valence-electron chi connectivity index (χ4n) is 5.48. The number of fused-ring (bicyclic) bond motifs is 8. The molecule has 0 spiro atoms. The molecule has 0 radical (unpaired) electrons. The molecule has 0 heterocycles. The highest BCUT2D eigenvalue weighted by molar-refractivity contribution is 5.71.